The molecule has 0 N–H and O–H groups in total. The number of aryl methyl sites for hydroxylation is 1. The third-order valence-corrected chi connectivity index (χ3v) is 3.83. The molecule has 1 saturated heterocycles. The van der Waals surface area contributed by atoms with Crippen molar-refractivity contribution in [1.29, 1.82) is 0 Å². The van der Waals surface area contributed by atoms with Crippen molar-refractivity contribution < 1.29 is 14.1 Å². The topological polar surface area (TPSA) is 97.5 Å². The summed E-state index contributed by atoms with van der Waals surface area (Å²) in [6.45, 7) is 3.54. The predicted octanol–water partition coefficient (Wildman–Crippen LogP) is 0.306. The summed E-state index contributed by atoms with van der Waals surface area (Å²) in [6.07, 6.45) is 1.32. The van der Waals surface area contributed by atoms with Crippen LogP contribution >= 0.6 is 0 Å². The summed E-state index contributed by atoms with van der Waals surface area (Å²) in [4.78, 5) is 28.7. The maximum atomic E-state index is 12.7. The first-order valence-electron chi connectivity index (χ1n) is 7.24. The summed E-state index contributed by atoms with van der Waals surface area (Å²) in [5, 5.41) is 3.82. The third kappa shape index (κ3) is 3.14. The first-order valence-corrected chi connectivity index (χ1v) is 7.24. The molecule has 2 aromatic heterocycles. The van der Waals surface area contributed by atoms with Crippen molar-refractivity contribution in [3.05, 3.63) is 29.8 Å². The lowest BCUT2D eigenvalue weighted by atomic mass is 10.1. The van der Waals surface area contributed by atoms with Crippen LogP contribution < -0.4 is 4.74 Å². The van der Waals surface area contributed by atoms with E-state index in [9.17, 15) is 4.79 Å². The monoisotopic (exact) mass is 318 g/mol. The number of rotatable bonds is 3. The van der Waals surface area contributed by atoms with Gasteiger partial charge in [0.2, 0.25) is 11.8 Å². The van der Waals surface area contributed by atoms with E-state index in [-0.39, 0.29) is 11.9 Å². The molecule has 122 valence electrons. The number of aromatic nitrogens is 4. The molecule has 3 rings (SSSR count). The van der Waals surface area contributed by atoms with Gasteiger partial charge in [-0.25, -0.2) is 9.97 Å². The molecule has 2 aromatic rings. The molecule has 0 saturated carbocycles. The van der Waals surface area contributed by atoms with Gasteiger partial charge in [0.15, 0.2) is 5.82 Å². The van der Waals surface area contributed by atoms with Crippen molar-refractivity contribution in [2.75, 3.05) is 33.8 Å². The van der Waals surface area contributed by atoms with Gasteiger partial charge in [-0.15, -0.1) is 0 Å². The van der Waals surface area contributed by atoms with Crippen molar-refractivity contribution in [1.82, 2.24) is 29.9 Å². The Morgan fingerprint density at radius 1 is 1.39 bits per heavy atom. The summed E-state index contributed by atoms with van der Waals surface area (Å²) >= 11 is 0. The minimum Gasteiger partial charge on any atom is -0.481 e. The van der Waals surface area contributed by atoms with Crippen molar-refractivity contribution in [2.24, 2.45) is 0 Å². The van der Waals surface area contributed by atoms with E-state index in [1.165, 1.54) is 19.5 Å². The highest BCUT2D eigenvalue weighted by Gasteiger charge is 2.32. The van der Waals surface area contributed by atoms with Crippen molar-refractivity contribution in [2.45, 2.75) is 13.0 Å². The Morgan fingerprint density at radius 3 is 2.91 bits per heavy atom. The molecule has 1 amide bonds. The number of ether oxygens (including phenoxy) is 1. The molecule has 3 heterocycles. The van der Waals surface area contributed by atoms with Crippen LogP contribution in [0, 0.1) is 6.92 Å². The minimum absolute atomic E-state index is 0.127. The summed E-state index contributed by atoms with van der Waals surface area (Å²) in [5.41, 5.74) is 0.307. The molecule has 0 aliphatic carbocycles. The molecule has 9 nitrogen and oxygen atoms in total. The molecule has 1 atom stereocenters. The van der Waals surface area contributed by atoms with Crippen molar-refractivity contribution >= 4 is 5.91 Å². The lowest BCUT2D eigenvalue weighted by Crippen LogP contribution is -2.49. The number of hydrogen-bond acceptors (Lipinski definition) is 8. The Morgan fingerprint density at radius 2 is 2.22 bits per heavy atom. The number of hydrogen-bond donors (Lipinski definition) is 0. The molecular weight excluding hydrogens is 300 g/mol. The number of carbonyl (C=O) groups is 1. The van der Waals surface area contributed by atoms with Gasteiger partial charge in [0, 0.05) is 25.7 Å². The maximum absolute atomic E-state index is 12.7. The highest BCUT2D eigenvalue weighted by molar-refractivity contribution is 5.92. The van der Waals surface area contributed by atoms with E-state index in [2.05, 4.69) is 25.0 Å². The highest BCUT2D eigenvalue weighted by Crippen LogP contribution is 2.23. The Labute approximate surface area is 133 Å². The van der Waals surface area contributed by atoms with Gasteiger partial charge in [0.1, 0.15) is 18.1 Å². The molecule has 0 bridgehead atoms. The number of piperazine rings is 1. The fraction of sp³-hybridized carbons (Fsp3) is 0.500. The first-order chi connectivity index (χ1) is 11.1. The van der Waals surface area contributed by atoms with Gasteiger partial charge in [-0.1, -0.05) is 5.16 Å². The molecule has 0 aromatic carbocycles. The highest BCUT2D eigenvalue weighted by atomic mass is 16.5. The molecular formula is C14H18N6O3. The van der Waals surface area contributed by atoms with E-state index in [0.29, 0.717) is 42.9 Å². The Bertz CT molecular complexity index is 703. The zero-order valence-corrected chi connectivity index (χ0v) is 13.3. The average molecular weight is 318 g/mol. The van der Waals surface area contributed by atoms with E-state index >= 15 is 0 Å². The summed E-state index contributed by atoms with van der Waals surface area (Å²) < 4.78 is 10.3. The van der Waals surface area contributed by atoms with E-state index in [1.807, 2.05) is 7.05 Å². The largest absolute Gasteiger partial charge is 0.481 e. The molecule has 1 aliphatic rings. The van der Waals surface area contributed by atoms with Gasteiger partial charge in [0.25, 0.3) is 5.91 Å². The van der Waals surface area contributed by atoms with Crippen LogP contribution in [0.4, 0.5) is 0 Å². The number of nitrogens with zero attached hydrogens (tertiary/aromatic N) is 6. The molecule has 9 heteroatoms. The summed E-state index contributed by atoms with van der Waals surface area (Å²) in [7, 11) is 3.47. The lowest BCUT2D eigenvalue weighted by molar-refractivity contribution is 0.0483. The van der Waals surface area contributed by atoms with Gasteiger partial charge in [0.05, 0.1) is 7.11 Å². The zero-order chi connectivity index (χ0) is 16.4. The molecule has 1 aliphatic heterocycles. The second-order valence-corrected chi connectivity index (χ2v) is 5.37. The zero-order valence-electron chi connectivity index (χ0n) is 13.3. The van der Waals surface area contributed by atoms with Crippen LogP contribution in [0.5, 0.6) is 5.88 Å². The van der Waals surface area contributed by atoms with E-state index in [1.54, 1.807) is 11.8 Å². The maximum Gasteiger partial charge on any atom is 0.272 e. The van der Waals surface area contributed by atoms with Crippen LogP contribution in [0.3, 0.4) is 0 Å². The fourth-order valence-electron chi connectivity index (χ4n) is 2.50. The number of methoxy groups -OCH3 is 1. The van der Waals surface area contributed by atoms with Gasteiger partial charge >= 0.3 is 0 Å². The SMILES string of the molecule is COc1cc(C(=O)N2CCN(C)C(c3nc(C)no3)C2)ncn1. The summed E-state index contributed by atoms with van der Waals surface area (Å²) in [6, 6.07) is 1.41. The van der Waals surface area contributed by atoms with Gasteiger partial charge < -0.3 is 14.2 Å². The Hall–Kier alpha value is -2.55. The molecule has 0 spiro atoms. The van der Waals surface area contributed by atoms with Crippen LogP contribution in [0.15, 0.2) is 16.9 Å². The number of amides is 1. The second kappa shape index (κ2) is 6.29. The van der Waals surface area contributed by atoms with Crippen LogP contribution in [0.25, 0.3) is 0 Å². The quantitative estimate of drug-likeness (QED) is 0.797. The Kier molecular flexibility index (Phi) is 4.20. The molecule has 1 fully saturated rings. The van der Waals surface area contributed by atoms with Crippen LogP contribution in [-0.4, -0.2) is 69.6 Å². The van der Waals surface area contributed by atoms with E-state index in [4.69, 9.17) is 9.26 Å². The fourth-order valence-corrected chi connectivity index (χ4v) is 2.50. The second-order valence-electron chi connectivity index (χ2n) is 5.37. The normalized spacial score (nSPS) is 18.9. The standard InChI is InChI=1S/C14H18N6O3/c1-9-17-13(23-18-9)11-7-20(5-4-19(11)2)14(21)10-6-12(22-3)16-8-15-10/h6,8,11H,4-5,7H2,1-3H3. The predicted molar refractivity (Wildman–Crippen MR) is 78.9 cm³/mol. The van der Waals surface area contributed by atoms with Gasteiger partial charge in [-0.05, 0) is 14.0 Å². The van der Waals surface area contributed by atoms with Crippen LogP contribution in [0.1, 0.15) is 28.2 Å². The molecule has 1 unspecified atom stereocenters. The minimum atomic E-state index is -0.167. The summed E-state index contributed by atoms with van der Waals surface area (Å²) in [5.74, 6) is 1.29. The third-order valence-electron chi connectivity index (χ3n) is 3.83. The molecule has 0 radical (unpaired) electrons. The first kappa shape index (κ1) is 15.3. The van der Waals surface area contributed by atoms with Crippen molar-refractivity contribution in [3.8, 4) is 5.88 Å². The van der Waals surface area contributed by atoms with E-state index in [0.717, 1.165) is 0 Å². The number of carbonyl (C=O) groups excluding carboxylic acids is 1. The number of likely N-dealkylation sites (N-methyl/N-ethyl adjacent to an activating group) is 1. The average Bonchev–Trinajstić information content (AvgIpc) is 3.01. The van der Waals surface area contributed by atoms with Gasteiger partial charge in [-0.3, -0.25) is 9.69 Å². The smallest absolute Gasteiger partial charge is 0.272 e. The van der Waals surface area contributed by atoms with Gasteiger partial charge in [-0.2, -0.15) is 4.98 Å². The Balaban J connectivity index is 1.78. The van der Waals surface area contributed by atoms with Crippen LogP contribution in [-0.2, 0) is 0 Å². The van der Waals surface area contributed by atoms with Crippen LogP contribution in [0.2, 0.25) is 0 Å². The lowest BCUT2D eigenvalue weighted by Gasteiger charge is -2.37. The van der Waals surface area contributed by atoms with E-state index < -0.39 is 0 Å². The van der Waals surface area contributed by atoms with Crippen molar-refractivity contribution in [3.63, 3.8) is 0 Å². The molecule has 23 heavy (non-hydrogen) atoms.